The zero-order valence-corrected chi connectivity index (χ0v) is 41.8. The summed E-state index contributed by atoms with van der Waals surface area (Å²) < 4.78 is 43.6. The van der Waals surface area contributed by atoms with Gasteiger partial charge in [0.2, 0.25) is 0 Å². The van der Waals surface area contributed by atoms with Gasteiger partial charge in [0.15, 0.2) is 5.65 Å². The van der Waals surface area contributed by atoms with Crippen molar-refractivity contribution in [2.45, 2.75) is 56.2 Å². The molecule has 3 aliphatic heterocycles. The fourth-order valence-corrected chi connectivity index (χ4v) is 11.7. The third kappa shape index (κ3) is 10.1. The molecule has 0 bridgehead atoms. The van der Waals surface area contributed by atoms with Crippen LogP contribution >= 0.6 is 11.6 Å². The summed E-state index contributed by atoms with van der Waals surface area (Å²) in [4.78, 5) is 41.9. The Morgan fingerprint density at radius 1 is 1.03 bits per heavy atom. The maximum atomic E-state index is 14.4. The highest BCUT2D eigenvalue weighted by Gasteiger charge is 2.34. The van der Waals surface area contributed by atoms with Crippen molar-refractivity contribution >= 4 is 82.5 Å². The number of aromatic nitrogens is 4. The number of rotatable bonds is 14. The number of pyridine rings is 1. The first-order valence-electron chi connectivity index (χ1n) is 23.8. The van der Waals surface area contributed by atoms with Gasteiger partial charge in [-0.1, -0.05) is 49.2 Å². The monoisotopic (exact) mass is 1000 g/mol. The largest absolute Gasteiger partial charge is 0.378 e. The molecule has 3 N–H and O–H groups in total. The first kappa shape index (κ1) is 48.0. The van der Waals surface area contributed by atoms with Crippen LogP contribution in [0.5, 0.6) is 0 Å². The molecule has 3 radical (unpaired) electrons. The molecule has 3 aromatic carbocycles. The number of nitro benzene ring substituents is 1. The number of nitrogens with one attached hydrogen (secondary N) is 3. The molecule has 10 rings (SSSR count). The molecule has 4 aliphatic rings. The number of carbonyl (C=O) groups excluding carboxylic acids is 1. The van der Waals surface area contributed by atoms with Crippen LogP contribution in [-0.4, -0.2) is 143 Å². The van der Waals surface area contributed by atoms with Gasteiger partial charge in [0.25, 0.3) is 21.6 Å². The highest BCUT2D eigenvalue weighted by molar-refractivity contribution is 7.90. The Kier molecular flexibility index (Phi) is 13.6. The molecule has 0 spiro atoms. The van der Waals surface area contributed by atoms with Crippen molar-refractivity contribution in [3.8, 4) is 5.69 Å². The number of amides is 1. The van der Waals surface area contributed by atoms with E-state index in [1.165, 1.54) is 28.8 Å². The number of fused-ring (bicyclic) bond motifs is 2. The van der Waals surface area contributed by atoms with Crippen molar-refractivity contribution < 1.29 is 27.6 Å². The van der Waals surface area contributed by atoms with Gasteiger partial charge in [-0.25, -0.2) is 23.1 Å². The topological polar surface area (TPSA) is 193 Å². The maximum absolute atomic E-state index is 14.4. The van der Waals surface area contributed by atoms with Crippen LogP contribution in [0.4, 0.5) is 17.1 Å². The normalized spacial score (nSPS) is 20.7. The first-order chi connectivity index (χ1) is 33.7. The summed E-state index contributed by atoms with van der Waals surface area (Å²) in [7, 11) is -0.936. The fourth-order valence-electron chi connectivity index (χ4n) is 10.2. The minimum Gasteiger partial charge on any atom is -0.378 e. The molecule has 2 atom stereocenters. The number of nitro groups is 1. The van der Waals surface area contributed by atoms with Crippen LogP contribution in [-0.2, 0) is 19.5 Å². The van der Waals surface area contributed by atoms with E-state index in [-0.39, 0.29) is 35.2 Å². The van der Waals surface area contributed by atoms with Gasteiger partial charge in [-0.15, -0.1) is 0 Å². The Labute approximate surface area is 415 Å². The Hall–Kier alpha value is -5.67. The number of aromatic amines is 1. The van der Waals surface area contributed by atoms with E-state index < -0.39 is 31.4 Å². The molecule has 3 fully saturated rings. The number of ether oxygens (including phenoxy) is 2. The van der Waals surface area contributed by atoms with Crippen LogP contribution in [0.2, 0.25) is 11.1 Å². The Morgan fingerprint density at radius 3 is 2.57 bits per heavy atom. The predicted molar refractivity (Wildman–Crippen MR) is 272 cm³/mol. The molecule has 70 heavy (non-hydrogen) atoms. The van der Waals surface area contributed by atoms with Gasteiger partial charge in [-0.2, -0.15) is 0 Å². The molecule has 6 heterocycles. The SMILES string of the molecule is CC1(C)CCC(CN2CCN(c3ccc(C(=O)NS(=O)(=O)c4ccc(NC[C@@H]5OCCN(C6COC6)CC5C[Si])c([N+](=O)[O-])c4)c(-n4[nH]cc5nc6nccc6cc54)c3)CC2)=C(c2ccc(Cl)cc2)C1. The Bertz CT molecular complexity index is 3080. The summed E-state index contributed by atoms with van der Waals surface area (Å²) in [5.41, 5.74) is 7.14. The number of sulfonamides is 1. The molecule has 20 heteroatoms. The molecule has 17 nitrogen and oxygen atoms in total. The first-order valence-corrected chi connectivity index (χ1v) is 26.4. The number of hydrogen-bond acceptors (Lipinski definition) is 13. The highest BCUT2D eigenvalue weighted by Crippen LogP contribution is 2.43. The van der Waals surface area contributed by atoms with Gasteiger partial charge in [-0.05, 0) is 96.3 Å². The van der Waals surface area contributed by atoms with Crippen molar-refractivity contribution in [1.29, 1.82) is 0 Å². The van der Waals surface area contributed by atoms with Crippen LogP contribution in [0.3, 0.4) is 0 Å². The van der Waals surface area contributed by atoms with Gasteiger partial charge in [-0.3, -0.25) is 34.5 Å². The average molecular weight is 1000 g/mol. The number of carbonyl (C=O) groups is 1. The Morgan fingerprint density at radius 2 is 1.83 bits per heavy atom. The van der Waals surface area contributed by atoms with Gasteiger partial charge in [0, 0.05) is 97.2 Å². The van der Waals surface area contributed by atoms with Crippen molar-refractivity contribution in [3.63, 3.8) is 0 Å². The van der Waals surface area contributed by atoms with Gasteiger partial charge < -0.3 is 19.7 Å². The number of hydrogen-bond donors (Lipinski definition) is 3. The van der Waals surface area contributed by atoms with E-state index in [0.717, 1.165) is 87.2 Å². The molecule has 1 amide bonds. The molecular formula is C50H56ClN10O7SSi. The number of piperazine rings is 1. The maximum Gasteiger partial charge on any atom is 0.293 e. The van der Waals surface area contributed by atoms with Gasteiger partial charge >= 0.3 is 0 Å². The van der Waals surface area contributed by atoms with E-state index in [4.69, 9.17) is 26.1 Å². The molecule has 365 valence electrons. The minimum atomic E-state index is -4.62. The summed E-state index contributed by atoms with van der Waals surface area (Å²) in [6.07, 6.45) is 6.31. The summed E-state index contributed by atoms with van der Waals surface area (Å²) in [5, 5.41) is 20.3. The number of benzene rings is 3. The van der Waals surface area contributed by atoms with Crippen LogP contribution in [0, 0.1) is 21.4 Å². The summed E-state index contributed by atoms with van der Waals surface area (Å²) >= 11 is 6.27. The molecule has 1 unspecified atom stereocenters. The van der Waals surface area contributed by atoms with Crippen LogP contribution in [0.15, 0.2) is 95.7 Å². The van der Waals surface area contributed by atoms with Crippen molar-refractivity contribution in [1.82, 2.24) is 34.3 Å². The van der Waals surface area contributed by atoms with E-state index in [9.17, 15) is 23.3 Å². The third-order valence-corrected chi connectivity index (χ3v) is 16.5. The standard InChI is InChI=1S/C50H56ClN10O7SSi/c1-50(2)13-11-34(41(24-50)32-3-5-36(51)6-4-32)27-57-15-17-58(18-16-57)37-7-9-40(44(22-37)60-45-21-33-12-14-52-48(33)55-43(45)25-54-60)49(62)56-69(65,66)39-8-10-42(46(23-39)61(63)64)53-26-47-35(31-70)28-59(19-20-68-47)38-29-67-30-38/h3-10,12,14,21-23,25,35,38,47,53-54H,11,13,15-20,24,26-31H2,1-2H3,(H,56,62)/t35?,47-/m0/s1. The van der Waals surface area contributed by atoms with E-state index >= 15 is 0 Å². The second-order valence-corrected chi connectivity index (χ2v) is 22.1. The summed E-state index contributed by atoms with van der Waals surface area (Å²) in [6, 6.07) is 21.9. The van der Waals surface area contributed by atoms with Crippen LogP contribution in [0.25, 0.3) is 33.3 Å². The molecule has 3 saturated heterocycles. The van der Waals surface area contributed by atoms with Crippen molar-refractivity contribution in [2.24, 2.45) is 11.3 Å². The van der Waals surface area contributed by atoms with Gasteiger partial charge in [0.1, 0.15) is 11.2 Å². The lowest BCUT2D eigenvalue weighted by molar-refractivity contribution is -0.384. The summed E-state index contributed by atoms with van der Waals surface area (Å²) in [6.45, 7) is 12.3. The van der Waals surface area contributed by atoms with Gasteiger partial charge in [0.05, 0.1) is 58.6 Å². The molecule has 1 aliphatic carbocycles. The smallest absolute Gasteiger partial charge is 0.293 e. The van der Waals surface area contributed by atoms with Crippen LogP contribution in [0.1, 0.15) is 49.0 Å². The molecule has 3 aromatic heterocycles. The molecular weight excluding hydrogens is 948 g/mol. The van der Waals surface area contributed by atoms with E-state index in [2.05, 4.69) is 71.0 Å². The number of allylic oxidation sites excluding steroid dienone is 1. The van der Waals surface area contributed by atoms with E-state index in [0.29, 0.717) is 54.3 Å². The zero-order valence-electron chi connectivity index (χ0n) is 39.2. The van der Waals surface area contributed by atoms with Crippen molar-refractivity contribution in [2.75, 3.05) is 82.4 Å². The predicted octanol–water partition coefficient (Wildman–Crippen LogP) is 7.08. The lowest BCUT2D eigenvalue weighted by atomic mass is 9.72. The van der Waals surface area contributed by atoms with E-state index in [1.54, 1.807) is 23.1 Å². The lowest BCUT2D eigenvalue weighted by Gasteiger charge is -2.39. The molecule has 6 aromatic rings. The van der Waals surface area contributed by atoms with E-state index in [1.807, 2.05) is 36.4 Å². The molecule has 0 saturated carbocycles. The number of H-pyrrole nitrogens is 1. The second-order valence-electron chi connectivity index (χ2n) is 19.6. The van der Waals surface area contributed by atoms with Crippen molar-refractivity contribution in [3.05, 3.63) is 117 Å². The minimum absolute atomic E-state index is 0.0584. The average Bonchev–Trinajstić information content (AvgIpc) is 3.91. The Balaban J connectivity index is 0.884. The quantitative estimate of drug-likeness (QED) is 0.0570. The number of nitrogens with zero attached hydrogens (tertiary/aromatic N) is 7. The zero-order chi connectivity index (χ0) is 48.7. The lowest BCUT2D eigenvalue weighted by Crippen LogP contribution is -2.51. The highest BCUT2D eigenvalue weighted by atomic mass is 35.5. The number of anilines is 2. The second kappa shape index (κ2) is 19.8. The third-order valence-electron chi connectivity index (χ3n) is 14.4. The fraction of sp³-hybridized carbons (Fsp3) is 0.420. The summed E-state index contributed by atoms with van der Waals surface area (Å²) in [5.74, 6) is -0.820. The number of halogens is 1. The van der Waals surface area contributed by atoms with Crippen LogP contribution < -0.4 is 14.9 Å².